The van der Waals surface area contributed by atoms with Crippen LogP contribution in [0.3, 0.4) is 0 Å². The Morgan fingerprint density at radius 3 is 0.772 bits per heavy atom. The van der Waals surface area contributed by atoms with Crippen molar-refractivity contribution in [3.05, 3.63) is 0 Å². The van der Waals surface area contributed by atoms with E-state index in [1.54, 1.807) is 0 Å². The summed E-state index contributed by atoms with van der Waals surface area (Å²) in [7, 11) is 0. The fourth-order valence-corrected chi connectivity index (χ4v) is 12.1. The molecule has 0 saturated carbocycles. The monoisotopic (exact) mass is 1120 g/mol. The van der Waals surface area contributed by atoms with Crippen LogP contribution >= 0.6 is 0 Å². The zero-order chi connectivity index (χ0) is 57.1. The fraction of sp³-hybridized carbons (Fsp3) is 0.973. The number of aliphatic hydroxyl groups excluding tert-OH is 2. The maximum absolute atomic E-state index is 12.5. The van der Waals surface area contributed by atoms with Crippen molar-refractivity contribution in [1.82, 2.24) is 5.32 Å². The molecule has 3 N–H and O–H groups in total. The Kier molecular flexibility index (Phi) is 68.4. The van der Waals surface area contributed by atoms with Gasteiger partial charge in [0.2, 0.25) is 5.91 Å². The summed E-state index contributed by atoms with van der Waals surface area (Å²) in [5.41, 5.74) is 0. The summed E-state index contributed by atoms with van der Waals surface area (Å²) < 4.78 is 5.51. The van der Waals surface area contributed by atoms with Crippen molar-refractivity contribution in [2.75, 3.05) is 13.2 Å². The van der Waals surface area contributed by atoms with Crippen LogP contribution in [0.15, 0.2) is 0 Å². The van der Waals surface area contributed by atoms with Crippen LogP contribution in [0.5, 0.6) is 0 Å². The van der Waals surface area contributed by atoms with Gasteiger partial charge in [-0.15, -0.1) is 0 Å². The number of carbonyl (C=O) groups excluding carboxylic acids is 2. The molecule has 0 heterocycles. The highest BCUT2D eigenvalue weighted by Gasteiger charge is 2.20. The SMILES string of the molecule is CCCCCCCCCCCCCCCCCCCCCC(O)C(CO)NC(=O)CCCCCCCCCCCCCCCCCCCCCCCCCCCCOC(=O)CCCCCCCCCCCCCCCCCCC. The molecule has 0 radical (unpaired) electrons. The molecular formula is C73H145NO5. The average Bonchev–Trinajstić information content (AvgIpc) is 3.45. The molecule has 0 aliphatic rings. The standard InChI is InChI=1S/C73H145NO5/c1-3-5-7-9-11-13-15-17-19-21-30-34-37-41-45-49-53-57-61-65-71(76)70(69-75)74-72(77)66-62-58-54-50-46-42-38-35-31-28-26-24-22-23-25-27-29-32-36-40-44-48-52-56-60-64-68-79-73(78)67-63-59-55-51-47-43-39-33-20-18-16-14-12-10-8-6-4-2/h70-71,75-76H,3-69H2,1-2H3,(H,74,77). The lowest BCUT2D eigenvalue weighted by Gasteiger charge is -2.22. The Hall–Kier alpha value is -1.14. The number of nitrogens with one attached hydrogen (secondary N) is 1. The number of hydrogen-bond donors (Lipinski definition) is 3. The van der Waals surface area contributed by atoms with Crippen LogP contribution in [0.4, 0.5) is 0 Å². The first kappa shape index (κ1) is 77.9. The van der Waals surface area contributed by atoms with Crippen LogP contribution in [0.2, 0.25) is 0 Å². The van der Waals surface area contributed by atoms with Gasteiger partial charge in [0.1, 0.15) is 0 Å². The molecule has 0 fully saturated rings. The third-order valence-electron chi connectivity index (χ3n) is 17.7. The minimum atomic E-state index is -0.662. The van der Waals surface area contributed by atoms with E-state index < -0.39 is 12.1 Å². The van der Waals surface area contributed by atoms with Gasteiger partial charge in [-0.25, -0.2) is 0 Å². The van der Waals surface area contributed by atoms with Crippen molar-refractivity contribution in [2.24, 2.45) is 0 Å². The van der Waals surface area contributed by atoms with Crippen molar-refractivity contribution < 1.29 is 24.5 Å². The minimum Gasteiger partial charge on any atom is -0.466 e. The third-order valence-corrected chi connectivity index (χ3v) is 17.7. The highest BCUT2D eigenvalue weighted by Crippen LogP contribution is 2.20. The third kappa shape index (κ3) is 65.9. The van der Waals surface area contributed by atoms with Crippen LogP contribution in [0, 0.1) is 0 Å². The fourth-order valence-electron chi connectivity index (χ4n) is 12.1. The molecule has 0 bridgehead atoms. The summed E-state index contributed by atoms with van der Waals surface area (Å²) >= 11 is 0. The van der Waals surface area contributed by atoms with E-state index in [2.05, 4.69) is 19.2 Å². The molecule has 0 aromatic heterocycles. The van der Waals surface area contributed by atoms with Gasteiger partial charge in [-0.1, -0.05) is 393 Å². The van der Waals surface area contributed by atoms with E-state index in [1.165, 1.54) is 360 Å². The van der Waals surface area contributed by atoms with Crippen LogP contribution in [0.25, 0.3) is 0 Å². The molecule has 6 nitrogen and oxygen atoms in total. The van der Waals surface area contributed by atoms with Gasteiger partial charge < -0.3 is 20.3 Å². The molecule has 472 valence electrons. The van der Waals surface area contributed by atoms with Crippen molar-refractivity contribution in [3.8, 4) is 0 Å². The van der Waals surface area contributed by atoms with E-state index in [9.17, 15) is 19.8 Å². The maximum Gasteiger partial charge on any atom is 0.305 e. The molecule has 0 spiro atoms. The molecule has 0 aliphatic heterocycles. The highest BCUT2D eigenvalue weighted by atomic mass is 16.5. The normalized spacial score (nSPS) is 12.4. The topological polar surface area (TPSA) is 95.9 Å². The van der Waals surface area contributed by atoms with Gasteiger partial charge in [-0.2, -0.15) is 0 Å². The van der Waals surface area contributed by atoms with Gasteiger partial charge in [-0.05, 0) is 25.7 Å². The predicted molar refractivity (Wildman–Crippen MR) is 347 cm³/mol. The van der Waals surface area contributed by atoms with Gasteiger partial charge in [0.05, 0.1) is 25.4 Å². The Bertz CT molecular complexity index is 1150. The molecule has 0 rings (SSSR count). The van der Waals surface area contributed by atoms with Crippen molar-refractivity contribution in [3.63, 3.8) is 0 Å². The summed E-state index contributed by atoms with van der Waals surface area (Å²) in [5.74, 6) is -0.00467. The van der Waals surface area contributed by atoms with E-state index in [4.69, 9.17) is 4.74 Å². The van der Waals surface area contributed by atoms with Gasteiger partial charge in [0, 0.05) is 12.8 Å². The molecule has 1 amide bonds. The van der Waals surface area contributed by atoms with Gasteiger partial charge in [0.25, 0.3) is 0 Å². The lowest BCUT2D eigenvalue weighted by molar-refractivity contribution is -0.143. The number of aliphatic hydroxyl groups is 2. The van der Waals surface area contributed by atoms with Crippen LogP contribution in [0.1, 0.15) is 431 Å². The van der Waals surface area contributed by atoms with Gasteiger partial charge in [-0.3, -0.25) is 9.59 Å². The molecule has 0 aromatic carbocycles. The van der Waals surface area contributed by atoms with Crippen molar-refractivity contribution in [1.29, 1.82) is 0 Å². The van der Waals surface area contributed by atoms with Crippen LogP contribution < -0.4 is 5.32 Å². The Labute approximate surface area is 496 Å². The number of unbranched alkanes of at least 4 members (excludes halogenated alkanes) is 59. The molecule has 79 heavy (non-hydrogen) atoms. The van der Waals surface area contributed by atoms with Gasteiger partial charge in [0.15, 0.2) is 0 Å². The zero-order valence-electron chi connectivity index (χ0n) is 54.2. The largest absolute Gasteiger partial charge is 0.466 e. The molecular weight excluding hydrogens is 971 g/mol. The second kappa shape index (κ2) is 69.4. The molecule has 2 unspecified atom stereocenters. The van der Waals surface area contributed by atoms with E-state index in [0.29, 0.717) is 25.9 Å². The Balaban J connectivity index is 3.33. The lowest BCUT2D eigenvalue weighted by atomic mass is 10.0. The first-order valence-corrected chi connectivity index (χ1v) is 36.8. The summed E-state index contributed by atoms with van der Waals surface area (Å²) in [6.45, 7) is 5.01. The maximum atomic E-state index is 12.5. The smallest absolute Gasteiger partial charge is 0.305 e. The average molecular weight is 1120 g/mol. The minimum absolute atomic E-state index is 0.0228. The molecule has 0 aromatic rings. The Morgan fingerprint density at radius 2 is 0.519 bits per heavy atom. The van der Waals surface area contributed by atoms with Crippen LogP contribution in [-0.4, -0.2) is 47.4 Å². The molecule has 0 aliphatic carbocycles. The van der Waals surface area contributed by atoms with Crippen molar-refractivity contribution >= 4 is 11.9 Å². The lowest BCUT2D eigenvalue weighted by Crippen LogP contribution is -2.45. The number of amides is 1. The first-order valence-electron chi connectivity index (χ1n) is 36.8. The van der Waals surface area contributed by atoms with Crippen LogP contribution in [-0.2, 0) is 14.3 Å². The molecule has 6 heteroatoms. The molecule has 2 atom stereocenters. The van der Waals surface area contributed by atoms with E-state index in [0.717, 1.165) is 38.5 Å². The summed E-state index contributed by atoms with van der Waals surface area (Å²) in [4.78, 5) is 24.6. The zero-order valence-corrected chi connectivity index (χ0v) is 54.2. The summed E-state index contributed by atoms with van der Waals surface area (Å²) in [6.07, 6.45) is 84.5. The first-order chi connectivity index (χ1) is 39.0. The Morgan fingerprint density at radius 1 is 0.304 bits per heavy atom. The van der Waals surface area contributed by atoms with Crippen molar-refractivity contribution in [2.45, 2.75) is 443 Å². The number of carbonyl (C=O) groups is 2. The number of ether oxygens (including phenoxy) is 1. The second-order valence-corrected chi connectivity index (χ2v) is 25.6. The predicted octanol–water partition coefficient (Wildman–Crippen LogP) is 23.8. The molecule has 0 saturated heterocycles. The highest BCUT2D eigenvalue weighted by molar-refractivity contribution is 5.76. The summed E-state index contributed by atoms with van der Waals surface area (Å²) in [5, 5.41) is 23.4. The number of esters is 1. The van der Waals surface area contributed by atoms with Gasteiger partial charge >= 0.3 is 5.97 Å². The van der Waals surface area contributed by atoms with E-state index >= 15 is 0 Å². The summed E-state index contributed by atoms with van der Waals surface area (Å²) in [6, 6.07) is -0.539. The quantitative estimate of drug-likeness (QED) is 0.0417. The number of hydrogen-bond acceptors (Lipinski definition) is 5. The number of rotatable bonds is 70. The second-order valence-electron chi connectivity index (χ2n) is 25.6. The van der Waals surface area contributed by atoms with E-state index in [1.807, 2.05) is 0 Å². The van der Waals surface area contributed by atoms with E-state index in [-0.39, 0.29) is 18.5 Å².